The van der Waals surface area contributed by atoms with Gasteiger partial charge in [0.1, 0.15) is 0 Å². The minimum atomic E-state index is -1.72. The fraction of sp³-hybridized carbons (Fsp3) is 0.467. The highest BCUT2D eigenvalue weighted by molar-refractivity contribution is 5.90. The number of methoxy groups -OCH3 is 2. The lowest BCUT2D eigenvalue weighted by Gasteiger charge is -2.28. The van der Waals surface area contributed by atoms with Gasteiger partial charge in [-0.1, -0.05) is 43.7 Å². The van der Waals surface area contributed by atoms with Crippen LogP contribution in [-0.4, -0.2) is 26.2 Å². The van der Waals surface area contributed by atoms with E-state index in [9.17, 15) is 9.59 Å². The maximum atomic E-state index is 12.2. The van der Waals surface area contributed by atoms with E-state index in [-0.39, 0.29) is 6.42 Å². The molecule has 0 heterocycles. The summed E-state index contributed by atoms with van der Waals surface area (Å²) in [4.78, 5) is 23.8. The zero-order valence-electron chi connectivity index (χ0n) is 12.0. The van der Waals surface area contributed by atoms with E-state index in [1.807, 2.05) is 6.92 Å². The van der Waals surface area contributed by atoms with Gasteiger partial charge in [-0.3, -0.25) is 4.79 Å². The molecule has 0 saturated carbocycles. The van der Waals surface area contributed by atoms with Gasteiger partial charge in [-0.25, -0.2) is 4.79 Å². The second-order valence-corrected chi connectivity index (χ2v) is 4.26. The van der Waals surface area contributed by atoms with Crippen LogP contribution in [0.2, 0.25) is 0 Å². The number of hydrogen-bond acceptors (Lipinski definition) is 5. The van der Waals surface area contributed by atoms with Crippen molar-refractivity contribution in [2.24, 2.45) is 0 Å². The first-order valence-corrected chi connectivity index (χ1v) is 6.51. The van der Waals surface area contributed by atoms with Gasteiger partial charge in [-0.15, -0.1) is 0 Å². The fourth-order valence-corrected chi connectivity index (χ4v) is 1.80. The van der Waals surface area contributed by atoms with Crippen molar-refractivity contribution in [3.8, 4) is 0 Å². The monoisotopic (exact) mass is 280 g/mol. The molecule has 5 nitrogen and oxygen atoms in total. The summed E-state index contributed by atoms with van der Waals surface area (Å²) in [5, 5.41) is 0. The van der Waals surface area contributed by atoms with Gasteiger partial charge < -0.3 is 14.2 Å². The highest BCUT2D eigenvalue weighted by Gasteiger charge is 2.44. The van der Waals surface area contributed by atoms with E-state index < -0.39 is 17.7 Å². The summed E-state index contributed by atoms with van der Waals surface area (Å²) >= 11 is 0. The number of ether oxygens (including phenoxy) is 3. The van der Waals surface area contributed by atoms with Gasteiger partial charge in [0, 0.05) is 26.2 Å². The first kappa shape index (κ1) is 16.3. The van der Waals surface area contributed by atoms with E-state index >= 15 is 0 Å². The van der Waals surface area contributed by atoms with Crippen LogP contribution in [0.15, 0.2) is 30.3 Å². The maximum Gasteiger partial charge on any atom is 0.379 e. The van der Waals surface area contributed by atoms with Crippen molar-refractivity contribution in [3.63, 3.8) is 0 Å². The second kappa shape index (κ2) is 7.77. The molecule has 5 heteroatoms. The first-order valence-electron chi connectivity index (χ1n) is 6.51. The Balaban J connectivity index is 2.91. The van der Waals surface area contributed by atoms with Gasteiger partial charge >= 0.3 is 11.9 Å². The molecule has 0 aliphatic rings. The predicted molar refractivity (Wildman–Crippen MR) is 72.8 cm³/mol. The average Bonchev–Trinajstić information content (AvgIpc) is 2.48. The Hall–Kier alpha value is -1.72. The van der Waals surface area contributed by atoms with E-state index in [4.69, 9.17) is 14.2 Å². The molecule has 0 amide bonds. The van der Waals surface area contributed by atoms with Crippen molar-refractivity contribution in [1.82, 2.24) is 0 Å². The molecule has 0 saturated heterocycles. The molecule has 1 rings (SSSR count). The molecular formula is C15H20O5. The van der Waals surface area contributed by atoms with E-state index in [2.05, 4.69) is 0 Å². The summed E-state index contributed by atoms with van der Waals surface area (Å²) in [5.41, 5.74) is 0.471. The van der Waals surface area contributed by atoms with E-state index in [1.54, 1.807) is 30.3 Å². The molecule has 0 unspecified atom stereocenters. The minimum Gasteiger partial charge on any atom is -0.389 e. The summed E-state index contributed by atoms with van der Waals surface area (Å²) in [5.74, 6) is -3.16. The molecule has 0 N–H and O–H groups in total. The van der Waals surface area contributed by atoms with Gasteiger partial charge in [0.2, 0.25) is 0 Å². The molecule has 0 aromatic heterocycles. The highest BCUT2D eigenvalue weighted by atomic mass is 16.7. The Bertz CT molecular complexity index is 437. The number of carbonyl (C=O) groups is 2. The van der Waals surface area contributed by atoms with Crippen molar-refractivity contribution in [1.29, 1.82) is 0 Å². The van der Waals surface area contributed by atoms with Crippen LogP contribution in [0.5, 0.6) is 0 Å². The standard InChI is InChI=1S/C15H20O5/c1-4-5-11-13(16)20-14(17)15(18-2,19-3)12-9-7-6-8-10-12/h6-10H,4-5,11H2,1-3H3. The van der Waals surface area contributed by atoms with Crippen LogP contribution in [0, 0.1) is 0 Å². The first-order chi connectivity index (χ1) is 9.60. The van der Waals surface area contributed by atoms with Crippen LogP contribution in [0.25, 0.3) is 0 Å². The van der Waals surface area contributed by atoms with Crippen LogP contribution in [0.4, 0.5) is 0 Å². The average molecular weight is 280 g/mol. The lowest BCUT2D eigenvalue weighted by Crippen LogP contribution is -2.42. The number of hydrogen-bond donors (Lipinski definition) is 0. The predicted octanol–water partition coefficient (Wildman–Crippen LogP) is 2.39. The molecule has 110 valence electrons. The lowest BCUT2D eigenvalue weighted by atomic mass is 10.1. The summed E-state index contributed by atoms with van der Waals surface area (Å²) in [6.45, 7) is 1.95. The number of unbranched alkanes of at least 4 members (excludes halogenated alkanes) is 1. The lowest BCUT2D eigenvalue weighted by molar-refractivity contribution is -0.235. The molecule has 0 spiro atoms. The Labute approximate surface area is 118 Å². The Kier molecular flexibility index (Phi) is 6.35. The van der Waals surface area contributed by atoms with E-state index in [1.165, 1.54) is 14.2 Å². The molecule has 1 aromatic rings. The molecule has 0 bridgehead atoms. The Morgan fingerprint density at radius 3 is 2.20 bits per heavy atom. The van der Waals surface area contributed by atoms with Gasteiger partial charge in [-0.2, -0.15) is 0 Å². The number of rotatable bonds is 7. The minimum absolute atomic E-state index is 0.195. The SMILES string of the molecule is CCCCC(=O)OC(=O)C(OC)(OC)c1ccccc1. The normalized spacial score (nSPS) is 11.2. The topological polar surface area (TPSA) is 61.8 Å². The number of benzene rings is 1. The molecule has 0 radical (unpaired) electrons. The van der Waals surface area contributed by atoms with Crippen molar-refractivity contribution in [2.75, 3.05) is 14.2 Å². The Morgan fingerprint density at radius 1 is 1.10 bits per heavy atom. The molecule has 0 fully saturated rings. The van der Waals surface area contributed by atoms with Gasteiger partial charge in [-0.05, 0) is 6.42 Å². The van der Waals surface area contributed by atoms with Crippen LogP contribution >= 0.6 is 0 Å². The maximum absolute atomic E-state index is 12.2. The summed E-state index contributed by atoms with van der Waals surface area (Å²) in [7, 11) is 2.66. The second-order valence-electron chi connectivity index (χ2n) is 4.26. The molecule has 1 aromatic carbocycles. The molecule has 0 atom stereocenters. The highest BCUT2D eigenvalue weighted by Crippen LogP contribution is 2.27. The van der Waals surface area contributed by atoms with E-state index in [0.29, 0.717) is 12.0 Å². The quantitative estimate of drug-likeness (QED) is 0.436. The van der Waals surface area contributed by atoms with Crippen LogP contribution in [-0.2, 0) is 29.6 Å². The van der Waals surface area contributed by atoms with Gasteiger partial charge in [0.15, 0.2) is 0 Å². The molecule has 0 aliphatic carbocycles. The zero-order chi connectivity index (χ0) is 15.0. The van der Waals surface area contributed by atoms with Gasteiger partial charge in [0.05, 0.1) is 0 Å². The summed E-state index contributed by atoms with van der Waals surface area (Å²) in [6, 6.07) is 8.63. The summed E-state index contributed by atoms with van der Waals surface area (Å²) < 4.78 is 15.2. The molecule has 20 heavy (non-hydrogen) atoms. The Morgan fingerprint density at radius 2 is 1.70 bits per heavy atom. The summed E-state index contributed by atoms with van der Waals surface area (Å²) in [6.07, 6.45) is 1.71. The van der Waals surface area contributed by atoms with Crippen molar-refractivity contribution in [3.05, 3.63) is 35.9 Å². The van der Waals surface area contributed by atoms with E-state index in [0.717, 1.165) is 6.42 Å². The molecular weight excluding hydrogens is 260 g/mol. The zero-order valence-corrected chi connectivity index (χ0v) is 12.0. The third kappa shape index (κ3) is 3.65. The smallest absolute Gasteiger partial charge is 0.379 e. The van der Waals surface area contributed by atoms with Crippen LogP contribution in [0.1, 0.15) is 31.7 Å². The van der Waals surface area contributed by atoms with Crippen LogP contribution < -0.4 is 0 Å². The third-order valence-corrected chi connectivity index (χ3v) is 2.94. The number of esters is 2. The largest absolute Gasteiger partial charge is 0.389 e. The fourth-order valence-electron chi connectivity index (χ4n) is 1.80. The van der Waals surface area contributed by atoms with Gasteiger partial charge in [0.25, 0.3) is 5.79 Å². The van der Waals surface area contributed by atoms with Crippen molar-refractivity contribution < 1.29 is 23.8 Å². The number of carbonyl (C=O) groups excluding carboxylic acids is 2. The van der Waals surface area contributed by atoms with Crippen molar-refractivity contribution in [2.45, 2.75) is 32.0 Å². The van der Waals surface area contributed by atoms with Crippen LogP contribution in [0.3, 0.4) is 0 Å². The molecule has 0 aliphatic heterocycles. The van der Waals surface area contributed by atoms with Crippen molar-refractivity contribution >= 4 is 11.9 Å². The third-order valence-electron chi connectivity index (χ3n) is 2.94.